The number of pyridine rings is 1. The molecule has 1 N–H and O–H groups in total. The molecule has 0 radical (unpaired) electrons. The van der Waals surface area contributed by atoms with Gasteiger partial charge in [0.05, 0.1) is 17.8 Å². The molecule has 6 heteroatoms. The van der Waals surface area contributed by atoms with Gasteiger partial charge in [-0.25, -0.2) is 4.39 Å². The third kappa shape index (κ3) is 3.88. The lowest BCUT2D eigenvalue weighted by Crippen LogP contribution is -2.29. The molecule has 0 saturated carbocycles. The summed E-state index contributed by atoms with van der Waals surface area (Å²) >= 11 is 5.86. The number of thiocarbonyl (C=S) groups is 1. The molecule has 2 aromatic carbocycles. The number of rotatable bonds is 5. The van der Waals surface area contributed by atoms with Gasteiger partial charge in [0.25, 0.3) is 0 Å². The first kappa shape index (κ1) is 22.3. The monoisotopic (exact) mass is 470 g/mol. The molecule has 2 atom stereocenters. The van der Waals surface area contributed by atoms with Gasteiger partial charge in [0, 0.05) is 29.0 Å². The van der Waals surface area contributed by atoms with Crippen molar-refractivity contribution in [3.05, 3.63) is 113 Å². The Labute approximate surface area is 205 Å². The van der Waals surface area contributed by atoms with E-state index in [0.29, 0.717) is 5.11 Å². The van der Waals surface area contributed by atoms with Gasteiger partial charge in [0.15, 0.2) is 5.11 Å². The van der Waals surface area contributed by atoms with Gasteiger partial charge in [-0.2, -0.15) is 0 Å². The van der Waals surface area contributed by atoms with Crippen molar-refractivity contribution >= 4 is 23.0 Å². The van der Waals surface area contributed by atoms with E-state index in [-0.39, 0.29) is 17.9 Å². The van der Waals surface area contributed by atoms with E-state index in [1.165, 1.54) is 11.6 Å². The first-order valence-corrected chi connectivity index (χ1v) is 11.9. The van der Waals surface area contributed by atoms with Crippen LogP contribution in [0.25, 0.3) is 5.69 Å². The molecule has 2 aromatic heterocycles. The molecule has 5 rings (SSSR count). The molecule has 2 unspecified atom stereocenters. The minimum Gasteiger partial charge on any atom is -0.351 e. The molecular weight excluding hydrogens is 443 g/mol. The molecule has 0 aliphatic carbocycles. The Kier molecular flexibility index (Phi) is 5.92. The van der Waals surface area contributed by atoms with Gasteiger partial charge in [0.1, 0.15) is 5.82 Å². The van der Waals surface area contributed by atoms with Gasteiger partial charge in [-0.15, -0.1) is 0 Å². The average Bonchev–Trinajstić information content (AvgIpc) is 3.34. The Balaban J connectivity index is 1.67. The summed E-state index contributed by atoms with van der Waals surface area (Å²) in [6, 6.07) is 23.2. The molecule has 172 valence electrons. The quantitative estimate of drug-likeness (QED) is 0.344. The number of aromatic nitrogens is 2. The predicted octanol–water partition coefficient (Wildman–Crippen LogP) is 6.37. The maximum absolute atomic E-state index is 14.0. The lowest BCUT2D eigenvalue weighted by atomic mass is 9.96. The van der Waals surface area contributed by atoms with Crippen LogP contribution in [-0.2, 0) is 6.42 Å². The summed E-state index contributed by atoms with van der Waals surface area (Å²) < 4.78 is 16.2. The second-order valence-electron chi connectivity index (χ2n) is 8.66. The standard InChI is InChI=1S/C28H27FN4S/c1-4-20-11-13-22(14-12-20)33-27(26(31-28(33)34)25-10-5-6-15-30-25)24-16-18(2)32(19(24)3)23-9-7-8-21(29)17-23/h5-17,26-27H,4H2,1-3H3,(H,31,34). The van der Waals surface area contributed by atoms with Crippen LogP contribution in [0.1, 0.15) is 47.2 Å². The molecule has 34 heavy (non-hydrogen) atoms. The number of nitrogens with one attached hydrogen (secondary N) is 1. The molecule has 4 nitrogen and oxygen atoms in total. The lowest BCUT2D eigenvalue weighted by molar-refractivity contribution is 0.565. The van der Waals surface area contributed by atoms with Crippen molar-refractivity contribution in [2.45, 2.75) is 39.3 Å². The van der Waals surface area contributed by atoms with Crippen LogP contribution < -0.4 is 10.2 Å². The Morgan fingerprint density at radius 2 is 1.76 bits per heavy atom. The summed E-state index contributed by atoms with van der Waals surface area (Å²) in [4.78, 5) is 6.84. The molecule has 4 aromatic rings. The van der Waals surface area contributed by atoms with Crippen LogP contribution in [0.5, 0.6) is 0 Å². The number of nitrogens with zero attached hydrogens (tertiary/aromatic N) is 3. The summed E-state index contributed by atoms with van der Waals surface area (Å²) in [7, 11) is 0. The van der Waals surface area contributed by atoms with E-state index < -0.39 is 0 Å². The maximum Gasteiger partial charge on any atom is 0.174 e. The van der Waals surface area contributed by atoms with Gasteiger partial charge < -0.3 is 14.8 Å². The van der Waals surface area contributed by atoms with Crippen molar-refractivity contribution in [2.75, 3.05) is 4.90 Å². The Morgan fingerprint density at radius 1 is 0.971 bits per heavy atom. The Hall–Kier alpha value is -3.51. The first-order chi connectivity index (χ1) is 16.5. The van der Waals surface area contributed by atoms with Crippen LogP contribution in [0, 0.1) is 19.7 Å². The van der Waals surface area contributed by atoms with Gasteiger partial charge in [-0.1, -0.05) is 31.2 Å². The molecule has 1 aliphatic heterocycles. The highest BCUT2D eigenvalue weighted by atomic mass is 32.1. The van der Waals surface area contributed by atoms with E-state index >= 15 is 0 Å². The SMILES string of the molecule is CCc1ccc(N2C(=S)NC(c3ccccn3)C2c2cc(C)n(-c3cccc(F)c3)c2C)cc1. The van der Waals surface area contributed by atoms with E-state index in [2.05, 4.69) is 70.9 Å². The van der Waals surface area contributed by atoms with Crippen molar-refractivity contribution in [3.8, 4) is 5.69 Å². The summed E-state index contributed by atoms with van der Waals surface area (Å²) in [6.07, 6.45) is 2.80. The molecule has 0 amide bonds. The molecule has 1 fully saturated rings. The fourth-order valence-electron chi connectivity index (χ4n) is 4.94. The second kappa shape index (κ2) is 9.03. The first-order valence-electron chi connectivity index (χ1n) is 11.5. The minimum absolute atomic E-state index is 0.108. The van der Waals surface area contributed by atoms with Crippen molar-refractivity contribution in [3.63, 3.8) is 0 Å². The molecule has 1 aliphatic rings. The highest BCUT2D eigenvalue weighted by Gasteiger charge is 2.42. The Morgan fingerprint density at radius 3 is 2.44 bits per heavy atom. The van der Waals surface area contributed by atoms with Crippen LogP contribution in [0.3, 0.4) is 0 Å². The third-order valence-corrected chi connectivity index (χ3v) is 6.89. The highest BCUT2D eigenvalue weighted by Crippen LogP contribution is 2.43. The van der Waals surface area contributed by atoms with E-state index in [1.54, 1.807) is 12.1 Å². The zero-order valence-corrected chi connectivity index (χ0v) is 20.3. The number of benzene rings is 2. The molecule has 1 saturated heterocycles. The van der Waals surface area contributed by atoms with Crippen LogP contribution in [0.15, 0.2) is 79.0 Å². The topological polar surface area (TPSA) is 33.1 Å². The van der Waals surface area contributed by atoms with Crippen molar-refractivity contribution in [1.82, 2.24) is 14.9 Å². The van der Waals surface area contributed by atoms with Crippen molar-refractivity contribution in [1.29, 1.82) is 0 Å². The van der Waals surface area contributed by atoms with Crippen LogP contribution >= 0.6 is 12.2 Å². The van der Waals surface area contributed by atoms with Gasteiger partial charge >= 0.3 is 0 Å². The largest absolute Gasteiger partial charge is 0.351 e. The van der Waals surface area contributed by atoms with Gasteiger partial charge in [0.2, 0.25) is 0 Å². The molecule has 0 spiro atoms. The summed E-state index contributed by atoms with van der Waals surface area (Å²) in [6.45, 7) is 6.29. The number of aryl methyl sites for hydroxylation is 2. The summed E-state index contributed by atoms with van der Waals surface area (Å²) in [5.74, 6) is -0.251. The fraction of sp³-hybridized carbons (Fsp3) is 0.214. The number of halogens is 1. The van der Waals surface area contributed by atoms with Gasteiger partial charge in [-0.05, 0) is 92.1 Å². The number of hydrogen-bond acceptors (Lipinski definition) is 2. The molecule has 0 bridgehead atoms. The maximum atomic E-state index is 14.0. The smallest absolute Gasteiger partial charge is 0.174 e. The van der Waals surface area contributed by atoms with E-state index in [4.69, 9.17) is 12.2 Å². The number of anilines is 1. The van der Waals surface area contributed by atoms with E-state index in [0.717, 1.165) is 40.4 Å². The molecular formula is C28H27FN4S. The van der Waals surface area contributed by atoms with Crippen molar-refractivity contribution < 1.29 is 4.39 Å². The average molecular weight is 471 g/mol. The molecule has 3 heterocycles. The predicted molar refractivity (Wildman–Crippen MR) is 139 cm³/mol. The normalized spacial score (nSPS) is 17.8. The zero-order chi connectivity index (χ0) is 23.8. The van der Waals surface area contributed by atoms with E-state index in [1.807, 2.05) is 30.5 Å². The van der Waals surface area contributed by atoms with Crippen LogP contribution in [-0.4, -0.2) is 14.7 Å². The zero-order valence-electron chi connectivity index (χ0n) is 19.5. The minimum atomic E-state index is -0.251. The number of hydrogen-bond donors (Lipinski definition) is 1. The summed E-state index contributed by atoms with van der Waals surface area (Å²) in [5.41, 5.74) is 7.27. The van der Waals surface area contributed by atoms with E-state index in [9.17, 15) is 4.39 Å². The Bertz CT molecular complexity index is 1330. The third-order valence-electron chi connectivity index (χ3n) is 6.58. The lowest BCUT2D eigenvalue weighted by Gasteiger charge is -2.28. The van der Waals surface area contributed by atoms with Gasteiger partial charge in [-0.3, -0.25) is 4.98 Å². The van der Waals surface area contributed by atoms with Crippen molar-refractivity contribution in [2.24, 2.45) is 0 Å². The summed E-state index contributed by atoms with van der Waals surface area (Å²) in [5, 5.41) is 4.19. The highest BCUT2D eigenvalue weighted by molar-refractivity contribution is 7.80. The fourth-order valence-corrected chi connectivity index (χ4v) is 5.29. The second-order valence-corrected chi connectivity index (χ2v) is 9.05. The van der Waals surface area contributed by atoms with Crippen LogP contribution in [0.4, 0.5) is 10.1 Å². The van der Waals surface area contributed by atoms with Crippen LogP contribution in [0.2, 0.25) is 0 Å².